The first-order valence-corrected chi connectivity index (χ1v) is 10.7. The van der Waals surface area contributed by atoms with Gasteiger partial charge in [-0.25, -0.2) is 24.3 Å². The summed E-state index contributed by atoms with van der Waals surface area (Å²) in [5.74, 6) is -0.572. The van der Waals surface area contributed by atoms with Crippen LogP contribution in [0.3, 0.4) is 0 Å². The van der Waals surface area contributed by atoms with Crippen LogP contribution in [0.5, 0.6) is 5.75 Å². The summed E-state index contributed by atoms with van der Waals surface area (Å²) in [6.07, 6.45) is 3.35. The molecule has 0 amide bonds. The maximum Gasteiger partial charge on any atom is 0.220 e. The highest BCUT2D eigenvalue weighted by atomic mass is 19.1. The van der Waals surface area contributed by atoms with Gasteiger partial charge in [-0.1, -0.05) is 0 Å². The summed E-state index contributed by atoms with van der Waals surface area (Å²) in [6.45, 7) is 8.29. The van der Waals surface area contributed by atoms with E-state index in [-0.39, 0.29) is 34.7 Å². The quantitative estimate of drug-likeness (QED) is 0.566. The predicted molar refractivity (Wildman–Crippen MR) is 122 cm³/mol. The van der Waals surface area contributed by atoms with Crippen LogP contribution in [-0.2, 0) is 0 Å². The maximum atomic E-state index is 14.5. The fourth-order valence-electron chi connectivity index (χ4n) is 4.30. The van der Waals surface area contributed by atoms with Crippen molar-refractivity contribution in [1.29, 1.82) is 0 Å². The zero-order chi connectivity index (χ0) is 23.0. The van der Waals surface area contributed by atoms with Crippen LogP contribution >= 0.6 is 0 Å². The molecule has 3 aromatic heterocycles. The number of nitrogens with zero attached hydrogens (tertiary/aromatic N) is 5. The second-order valence-corrected chi connectivity index (χ2v) is 8.47. The van der Waals surface area contributed by atoms with Crippen LogP contribution in [0, 0.1) is 12.7 Å². The van der Waals surface area contributed by atoms with Gasteiger partial charge >= 0.3 is 0 Å². The lowest BCUT2D eigenvalue weighted by atomic mass is 9.89. The first-order chi connectivity index (χ1) is 15.3. The van der Waals surface area contributed by atoms with E-state index >= 15 is 0 Å². The van der Waals surface area contributed by atoms with Crippen molar-refractivity contribution in [3.63, 3.8) is 0 Å². The van der Waals surface area contributed by atoms with E-state index in [9.17, 15) is 9.50 Å². The average molecular weight is 438 g/mol. The summed E-state index contributed by atoms with van der Waals surface area (Å²) in [4.78, 5) is 19.6. The molecule has 0 aromatic carbocycles. The van der Waals surface area contributed by atoms with E-state index in [0.29, 0.717) is 17.4 Å². The van der Waals surface area contributed by atoms with Crippen molar-refractivity contribution in [2.75, 3.05) is 24.6 Å². The van der Waals surface area contributed by atoms with Crippen molar-refractivity contribution in [3.05, 3.63) is 41.5 Å². The number of halogens is 1. The Balaban J connectivity index is 1.75. The molecular weight excluding hydrogens is 409 g/mol. The number of nitrogen functional groups attached to an aromatic ring is 2. The number of hydrogen-bond donors (Lipinski definition) is 3. The Kier molecular flexibility index (Phi) is 5.92. The summed E-state index contributed by atoms with van der Waals surface area (Å²) in [5, 5.41) is 10.6. The second kappa shape index (κ2) is 8.66. The number of rotatable bonds is 4. The molecule has 0 aliphatic carbocycles. The highest BCUT2D eigenvalue weighted by molar-refractivity contribution is 5.72. The predicted octanol–water partition coefficient (Wildman–Crippen LogP) is 3.51. The summed E-state index contributed by atoms with van der Waals surface area (Å²) in [7, 11) is 0. The highest BCUT2D eigenvalue weighted by Crippen LogP contribution is 2.37. The number of nitrogens with two attached hydrogens (primary N) is 2. The van der Waals surface area contributed by atoms with Gasteiger partial charge in [0.1, 0.15) is 17.1 Å². The molecule has 1 aliphatic rings. The van der Waals surface area contributed by atoms with Crippen molar-refractivity contribution >= 4 is 11.8 Å². The molecule has 1 saturated heterocycles. The second-order valence-electron chi connectivity index (χ2n) is 8.47. The fraction of sp³-hybridized carbons (Fsp3) is 0.391. The number of aromatic nitrogens is 4. The minimum atomic E-state index is -0.659. The normalized spacial score (nSPS) is 15.4. The standard InChI is InChI=1S/C23H28FN7O/c1-12(2)31-10-7-14(8-11-31)19-13(3)20(30-23(26)29-19)21-17(32)5-4-16(28-21)15-6-9-27-22(25)18(15)24/h4-6,9,12,14,32H,7-8,10-11H2,1-3H3,(H2,25,27)(H2,26,29,30). The summed E-state index contributed by atoms with van der Waals surface area (Å²) < 4.78 is 14.5. The molecule has 4 rings (SSSR count). The molecule has 0 atom stereocenters. The zero-order valence-electron chi connectivity index (χ0n) is 18.5. The number of likely N-dealkylation sites (tertiary alicyclic amines) is 1. The first kappa shape index (κ1) is 21.9. The molecule has 0 bridgehead atoms. The monoisotopic (exact) mass is 437 g/mol. The van der Waals surface area contributed by atoms with Crippen molar-refractivity contribution in [2.24, 2.45) is 0 Å². The van der Waals surface area contributed by atoms with E-state index in [1.165, 1.54) is 24.4 Å². The van der Waals surface area contributed by atoms with Crippen LogP contribution in [-0.4, -0.2) is 49.1 Å². The van der Waals surface area contributed by atoms with Gasteiger partial charge in [0.15, 0.2) is 11.6 Å². The molecule has 1 aliphatic heterocycles. The number of aromatic hydroxyl groups is 1. The molecular formula is C23H28FN7O. The van der Waals surface area contributed by atoms with Crippen molar-refractivity contribution < 1.29 is 9.50 Å². The third-order valence-electron chi connectivity index (χ3n) is 6.14. The van der Waals surface area contributed by atoms with Gasteiger partial charge in [0.25, 0.3) is 0 Å². The largest absolute Gasteiger partial charge is 0.506 e. The van der Waals surface area contributed by atoms with Crippen LogP contribution in [0.25, 0.3) is 22.6 Å². The molecule has 9 heteroatoms. The van der Waals surface area contributed by atoms with E-state index < -0.39 is 5.82 Å². The number of hydrogen-bond acceptors (Lipinski definition) is 8. The Morgan fingerprint density at radius 2 is 1.78 bits per heavy atom. The lowest BCUT2D eigenvalue weighted by Crippen LogP contribution is -2.38. The van der Waals surface area contributed by atoms with Gasteiger partial charge in [-0.2, -0.15) is 0 Å². The Bertz CT molecular complexity index is 1140. The number of piperidine rings is 1. The van der Waals surface area contributed by atoms with Crippen molar-refractivity contribution in [3.8, 4) is 28.4 Å². The van der Waals surface area contributed by atoms with Crippen molar-refractivity contribution in [2.45, 2.75) is 45.6 Å². The van der Waals surface area contributed by atoms with E-state index in [1.807, 2.05) is 6.92 Å². The summed E-state index contributed by atoms with van der Waals surface area (Å²) in [6, 6.07) is 4.99. The number of anilines is 2. The summed E-state index contributed by atoms with van der Waals surface area (Å²) in [5.41, 5.74) is 14.5. The van der Waals surface area contributed by atoms with E-state index in [0.717, 1.165) is 37.2 Å². The van der Waals surface area contributed by atoms with Gasteiger partial charge in [-0.3, -0.25) is 0 Å². The molecule has 0 radical (unpaired) electrons. The van der Waals surface area contributed by atoms with Gasteiger partial charge < -0.3 is 21.5 Å². The summed E-state index contributed by atoms with van der Waals surface area (Å²) >= 11 is 0. The average Bonchev–Trinajstić information content (AvgIpc) is 2.78. The molecule has 32 heavy (non-hydrogen) atoms. The van der Waals surface area contributed by atoms with Crippen LogP contribution < -0.4 is 11.5 Å². The SMILES string of the molecule is Cc1c(-c2nc(-c3ccnc(N)c3F)ccc2O)nc(N)nc1C1CCN(C(C)C)CC1. The van der Waals surface area contributed by atoms with Crippen LogP contribution in [0.15, 0.2) is 24.4 Å². The minimum Gasteiger partial charge on any atom is -0.506 e. The fourth-order valence-corrected chi connectivity index (χ4v) is 4.30. The lowest BCUT2D eigenvalue weighted by molar-refractivity contribution is 0.170. The Labute approximate surface area is 186 Å². The van der Waals surface area contributed by atoms with Gasteiger partial charge in [0.05, 0.1) is 11.4 Å². The first-order valence-electron chi connectivity index (χ1n) is 10.7. The smallest absolute Gasteiger partial charge is 0.220 e. The minimum absolute atomic E-state index is 0.0713. The molecule has 4 heterocycles. The highest BCUT2D eigenvalue weighted by Gasteiger charge is 2.27. The Morgan fingerprint density at radius 1 is 1.06 bits per heavy atom. The van der Waals surface area contributed by atoms with Gasteiger partial charge in [-0.15, -0.1) is 0 Å². The molecule has 3 aromatic rings. The Morgan fingerprint density at radius 3 is 2.47 bits per heavy atom. The van der Waals surface area contributed by atoms with Crippen molar-refractivity contribution in [1.82, 2.24) is 24.8 Å². The van der Waals surface area contributed by atoms with Gasteiger partial charge in [-0.05, 0) is 70.5 Å². The molecule has 0 spiro atoms. The van der Waals surface area contributed by atoms with E-state index in [2.05, 4.69) is 38.7 Å². The maximum absolute atomic E-state index is 14.5. The molecule has 0 unspecified atom stereocenters. The molecule has 5 N–H and O–H groups in total. The van der Waals surface area contributed by atoms with E-state index in [1.54, 1.807) is 0 Å². The Hall–Kier alpha value is -3.33. The van der Waals surface area contributed by atoms with Gasteiger partial charge in [0.2, 0.25) is 5.95 Å². The third kappa shape index (κ3) is 4.08. The molecule has 8 nitrogen and oxygen atoms in total. The van der Waals surface area contributed by atoms with Crippen LogP contribution in [0.1, 0.15) is 43.9 Å². The van der Waals surface area contributed by atoms with Crippen LogP contribution in [0.4, 0.5) is 16.2 Å². The lowest BCUT2D eigenvalue weighted by Gasteiger charge is -2.34. The molecule has 168 valence electrons. The van der Waals surface area contributed by atoms with E-state index in [4.69, 9.17) is 11.5 Å². The van der Waals surface area contributed by atoms with Gasteiger partial charge in [0, 0.05) is 23.7 Å². The molecule has 1 fully saturated rings. The van der Waals surface area contributed by atoms with Crippen LogP contribution in [0.2, 0.25) is 0 Å². The molecule has 0 saturated carbocycles. The number of pyridine rings is 2. The topological polar surface area (TPSA) is 127 Å². The third-order valence-corrected chi connectivity index (χ3v) is 6.14. The zero-order valence-corrected chi connectivity index (χ0v) is 18.5.